The fourth-order valence-corrected chi connectivity index (χ4v) is 4.22. The molecule has 1 aromatic carbocycles. The van der Waals surface area contributed by atoms with Gasteiger partial charge in [0.2, 0.25) is 0 Å². The number of benzene rings is 1. The van der Waals surface area contributed by atoms with Gasteiger partial charge in [-0.3, -0.25) is 4.79 Å². The first-order valence-electron chi connectivity index (χ1n) is 11.1. The standard InChI is InChI=1S/C24H25F3N6O/c1-15-6-7-17(22-28-10-4-11-29-22)18(13-15)23(34)33-12-3-5-16(2)19(33)14-30-21-9-8-20(31-32-21)24(25,26)27/h4,6-11,13,16,19H,3,5,12,14H2,1-2H3,(H,30,32). The number of hydrogen-bond acceptors (Lipinski definition) is 6. The summed E-state index contributed by atoms with van der Waals surface area (Å²) >= 11 is 0. The zero-order chi connectivity index (χ0) is 24.3. The van der Waals surface area contributed by atoms with Crippen molar-refractivity contribution in [3.8, 4) is 11.4 Å². The molecule has 0 spiro atoms. The van der Waals surface area contributed by atoms with Gasteiger partial charge in [0.15, 0.2) is 11.5 Å². The second kappa shape index (κ2) is 9.74. The van der Waals surface area contributed by atoms with Crippen molar-refractivity contribution < 1.29 is 18.0 Å². The van der Waals surface area contributed by atoms with Gasteiger partial charge in [0, 0.05) is 31.0 Å². The van der Waals surface area contributed by atoms with Crippen LogP contribution in [0.4, 0.5) is 19.0 Å². The van der Waals surface area contributed by atoms with Crippen molar-refractivity contribution >= 4 is 11.7 Å². The van der Waals surface area contributed by atoms with Crippen LogP contribution in [0, 0.1) is 12.8 Å². The summed E-state index contributed by atoms with van der Waals surface area (Å²) in [7, 11) is 0. The summed E-state index contributed by atoms with van der Waals surface area (Å²) in [6.07, 6.45) is 0.541. The van der Waals surface area contributed by atoms with E-state index in [4.69, 9.17) is 0 Å². The van der Waals surface area contributed by atoms with Gasteiger partial charge in [-0.05, 0) is 49.9 Å². The van der Waals surface area contributed by atoms with E-state index in [1.165, 1.54) is 6.07 Å². The largest absolute Gasteiger partial charge is 0.435 e. The number of anilines is 1. The molecule has 7 nitrogen and oxygen atoms in total. The number of carbonyl (C=O) groups excluding carboxylic acids is 1. The second-order valence-corrected chi connectivity index (χ2v) is 8.49. The van der Waals surface area contributed by atoms with E-state index in [2.05, 4.69) is 32.4 Å². The molecule has 0 aliphatic carbocycles. The lowest BCUT2D eigenvalue weighted by Gasteiger charge is -2.40. The minimum atomic E-state index is -4.54. The molecule has 1 aliphatic heterocycles. The third kappa shape index (κ3) is 5.16. The number of hydrogen-bond donors (Lipinski definition) is 1. The van der Waals surface area contributed by atoms with Crippen molar-refractivity contribution in [1.82, 2.24) is 25.1 Å². The minimum Gasteiger partial charge on any atom is -0.367 e. The highest BCUT2D eigenvalue weighted by Gasteiger charge is 2.34. The van der Waals surface area contributed by atoms with Gasteiger partial charge >= 0.3 is 6.18 Å². The Labute approximate surface area is 195 Å². The lowest BCUT2D eigenvalue weighted by Crippen LogP contribution is -2.51. The molecule has 0 radical (unpaired) electrons. The molecule has 1 N–H and O–H groups in total. The molecule has 1 aliphatic rings. The zero-order valence-corrected chi connectivity index (χ0v) is 18.9. The number of alkyl halides is 3. The molecular formula is C24H25F3N6O. The van der Waals surface area contributed by atoms with Gasteiger partial charge < -0.3 is 10.2 Å². The number of aromatic nitrogens is 4. The number of aryl methyl sites for hydroxylation is 1. The van der Waals surface area contributed by atoms with E-state index in [1.54, 1.807) is 18.5 Å². The molecule has 1 saturated heterocycles. The number of amides is 1. The Balaban J connectivity index is 1.57. The van der Waals surface area contributed by atoms with Crippen LogP contribution >= 0.6 is 0 Å². The van der Waals surface area contributed by atoms with E-state index in [0.717, 1.165) is 24.5 Å². The molecule has 1 amide bonds. The molecule has 0 saturated carbocycles. The van der Waals surface area contributed by atoms with E-state index in [9.17, 15) is 18.0 Å². The fourth-order valence-electron chi connectivity index (χ4n) is 4.22. The summed E-state index contributed by atoms with van der Waals surface area (Å²) in [5.74, 6) is 0.773. The van der Waals surface area contributed by atoms with Crippen LogP contribution in [0.25, 0.3) is 11.4 Å². The number of likely N-dealkylation sites (tertiary alicyclic amines) is 1. The lowest BCUT2D eigenvalue weighted by molar-refractivity contribution is -0.141. The van der Waals surface area contributed by atoms with Crippen LogP contribution in [-0.2, 0) is 6.18 Å². The SMILES string of the molecule is Cc1ccc(-c2ncccn2)c(C(=O)N2CCCC(C)C2CNc2ccc(C(F)(F)F)nn2)c1. The predicted molar refractivity (Wildman–Crippen MR) is 121 cm³/mol. The van der Waals surface area contributed by atoms with Crippen molar-refractivity contribution in [2.75, 3.05) is 18.4 Å². The number of nitrogens with one attached hydrogen (secondary N) is 1. The molecule has 0 bridgehead atoms. The third-order valence-corrected chi connectivity index (χ3v) is 6.04. The van der Waals surface area contributed by atoms with Gasteiger partial charge in [-0.1, -0.05) is 24.6 Å². The number of halogens is 3. The van der Waals surface area contributed by atoms with Crippen molar-refractivity contribution in [2.45, 2.75) is 38.9 Å². The summed E-state index contributed by atoms with van der Waals surface area (Å²) in [5.41, 5.74) is 1.09. The Bertz CT molecular complexity index is 1140. The second-order valence-electron chi connectivity index (χ2n) is 8.49. The van der Waals surface area contributed by atoms with Crippen molar-refractivity contribution in [3.05, 3.63) is 65.6 Å². The summed E-state index contributed by atoms with van der Waals surface area (Å²) in [6, 6.07) is 9.31. The minimum absolute atomic E-state index is 0.122. The van der Waals surface area contributed by atoms with Crippen molar-refractivity contribution in [2.24, 2.45) is 5.92 Å². The number of rotatable bonds is 5. The Hall–Kier alpha value is -3.56. The first-order chi connectivity index (χ1) is 16.2. The van der Waals surface area contributed by atoms with Crippen LogP contribution in [-0.4, -0.2) is 50.1 Å². The topological polar surface area (TPSA) is 83.9 Å². The Morgan fingerprint density at radius 3 is 2.59 bits per heavy atom. The molecule has 10 heteroatoms. The highest BCUT2D eigenvalue weighted by Crippen LogP contribution is 2.30. The maximum Gasteiger partial charge on any atom is 0.435 e. The Morgan fingerprint density at radius 1 is 1.15 bits per heavy atom. The average Bonchev–Trinajstić information content (AvgIpc) is 2.83. The molecule has 2 atom stereocenters. The van der Waals surface area contributed by atoms with Gasteiger partial charge in [0.1, 0.15) is 5.82 Å². The third-order valence-electron chi connectivity index (χ3n) is 6.04. The first kappa shape index (κ1) is 23.6. The molecule has 2 aromatic heterocycles. The van der Waals surface area contributed by atoms with Crippen molar-refractivity contribution in [3.63, 3.8) is 0 Å². The van der Waals surface area contributed by atoms with E-state index in [0.29, 0.717) is 30.0 Å². The van der Waals surface area contributed by atoms with Crippen LogP contribution in [0.5, 0.6) is 0 Å². The smallest absolute Gasteiger partial charge is 0.367 e. The van der Waals surface area contributed by atoms with Crippen molar-refractivity contribution in [1.29, 1.82) is 0 Å². The number of piperidine rings is 1. The summed E-state index contributed by atoms with van der Waals surface area (Å²) in [5, 5.41) is 9.96. The van der Waals surface area contributed by atoms with Gasteiger partial charge in [0.05, 0.1) is 11.6 Å². The zero-order valence-electron chi connectivity index (χ0n) is 18.9. The molecule has 3 aromatic rings. The van der Waals surface area contributed by atoms with Gasteiger partial charge in [0.25, 0.3) is 5.91 Å². The molecular weight excluding hydrogens is 445 g/mol. The van der Waals surface area contributed by atoms with Gasteiger partial charge in [-0.15, -0.1) is 10.2 Å². The van der Waals surface area contributed by atoms with Crippen LogP contribution in [0.15, 0.2) is 48.8 Å². The van der Waals surface area contributed by atoms with Crippen LogP contribution in [0.2, 0.25) is 0 Å². The average molecular weight is 470 g/mol. The Morgan fingerprint density at radius 2 is 1.91 bits per heavy atom. The maximum absolute atomic E-state index is 13.8. The van der Waals surface area contributed by atoms with E-state index < -0.39 is 11.9 Å². The van der Waals surface area contributed by atoms with Gasteiger partial charge in [-0.2, -0.15) is 13.2 Å². The fraction of sp³-hybridized carbons (Fsp3) is 0.375. The normalized spacial score (nSPS) is 18.6. The summed E-state index contributed by atoms with van der Waals surface area (Å²) in [4.78, 5) is 24.2. The molecule has 2 unspecified atom stereocenters. The number of carbonyl (C=O) groups is 1. The quantitative estimate of drug-likeness (QED) is 0.586. The molecule has 3 heterocycles. The van der Waals surface area contributed by atoms with Crippen LogP contribution < -0.4 is 5.32 Å². The molecule has 1 fully saturated rings. The monoisotopic (exact) mass is 470 g/mol. The van der Waals surface area contributed by atoms with Crippen LogP contribution in [0.1, 0.15) is 41.4 Å². The predicted octanol–water partition coefficient (Wildman–Crippen LogP) is 4.61. The molecule has 4 rings (SSSR count). The number of nitrogens with zero attached hydrogens (tertiary/aromatic N) is 5. The molecule has 178 valence electrons. The van der Waals surface area contributed by atoms with E-state index >= 15 is 0 Å². The van der Waals surface area contributed by atoms with E-state index in [-0.39, 0.29) is 23.7 Å². The lowest BCUT2D eigenvalue weighted by atomic mass is 9.89. The maximum atomic E-state index is 13.8. The van der Waals surface area contributed by atoms with E-state index in [1.807, 2.05) is 30.0 Å². The highest BCUT2D eigenvalue weighted by atomic mass is 19.4. The van der Waals surface area contributed by atoms with Crippen LogP contribution in [0.3, 0.4) is 0 Å². The molecule has 34 heavy (non-hydrogen) atoms. The highest BCUT2D eigenvalue weighted by molar-refractivity contribution is 6.00. The van der Waals surface area contributed by atoms with Gasteiger partial charge in [-0.25, -0.2) is 9.97 Å². The summed E-state index contributed by atoms with van der Waals surface area (Å²) in [6.45, 7) is 4.92. The summed E-state index contributed by atoms with van der Waals surface area (Å²) < 4.78 is 38.3. The Kier molecular flexibility index (Phi) is 6.76. The first-order valence-corrected chi connectivity index (χ1v) is 11.1.